The first-order valence-electron chi connectivity index (χ1n) is 5.97. The van der Waals surface area contributed by atoms with Gasteiger partial charge in [-0.3, -0.25) is 14.9 Å². The number of nitro benzene ring substituents is 1. The zero-order valence-electron chi connectivity index (χ0n) is 11.1. The Bertz CT molecular complexity index is 559. The smallest absolute Gasteiger partial charge is 0.328 e. The molecule has 1 unspecified atom stereocenters. The van der Waals surface area contributed by atoms with Crippen LogP contribution < -0.4 is 10.1 Å². The lowest BCUT2D eigenvalue weighted by atomic mass is 10.1. The molecular weight excluding hydrogens is 284 g/mol. The molecule has 0 aliphatic heterocycles. The molecule has 0 aromatic heterocycles. The molecule has 0 saturated carbocycles. The third kappa shape index (κ3) is 3.89. The summed E-state index contributed by atoms with van der Waals surface area (Å²) in [6, 6.07) is 2.25. The maximum Gasteiger partial charge on any atom is 0.328 e. The van der Waals surface area contributed by atoms with Crippen molar-refractivity contribution < 1.29 is 29.5 Å². The fourth-order valence-corrected chi connectivity index (χ4v) is 1.59. The summed E-state index contributed by atoms with van der Waals surface area (Å²) in [5, 5.41) is 30.6. The zero-order chi connectivity index (χ0) is 16.0. The quantitative estimate of drug-likeness (QED) is 0.481. The number of hydrogen-bond acceptors (Lipinski definition) is 6. The zero-order valence-corrected chi connectivity index (χ0v) is 11.1. The third-order valence-electron chi connectivity index (χ3n) is 2.51. The average Bonchev–Trinajstić information content (AvgIpc) is 2.44. The highest BCUT2D eigenvalue weighted by molar-refractivity contribution is 6.02. The van der Waals surface area contributed by atoms with Gasteiger partial charge in [0.25, 0.3) is 11.6 Å². The number of nitro groups is 1. The second-order valence-electron chi connectivity index (χ2n) is 3.89. The molecule has 0 aliphatic rings. The first kappa shape index (κ1) is 16.4. The van der Waals surface area contributed by atoms with Gasteiger partial charge in [-0.05, 0) is 13.0 Å². The van der Waals surface area contributed by atoms with Gasteiger partial charge in [-0.25, -0.2) is 4.79 Å². The van der Waals surface area contributed by atoms with Crippen molar-refractivity contribution in [2.45, 2.75) is 13.0 Å². The van der Waals surface area contributed by atoms with Crippen LogP contribution in [0.1, 0.15) is 17.3 Å². The minimum atomic E-state index is -1.56. The lowest BCUT2D eigenvalue weighted by Crippen LogP contribution is -2.43. The molecule has 0 aliphatic carbocycles. The minimum absolute atomic E-state index is 0.0359. The molecule has 1 aromatic carbocycles. The molecule has 1 rings (SSSR count). The number of aliphatic hydroxyl groups is 1. The van der Waals surface area contributed by atoms with Crippen LogP contribution >= 0.6 is 0 Å². The number of benzene rings is 1. The number of aliphatic carboxylic acids is 1. The van der Waals surface area contributed by atoms with Crippen molar-refractivity contribution in [3.8, 4) is 5.75 Å². The summed E-state index contributed by atoms with van der Waals surface area (Å²) in [6.45, 7) is 0.962. The van der Waals surface area contributed by atoms with E-state index in [2.05, 4.69) is 0 Å². The van der Waals surface area contributed by atoms with Crippen LogP contribution in [0, 0.1) is 10.1 Å². The number of nitrogens with zero attached hydrogens (tertiary/aromatic N) is 1. The van der Waals surface area contributed by atoms with Crippen LogP contribution in [0.4, 0.5) is 5.69 Å². The van der Waals surface area contributed by atoms with E-state index in [-0.39, 0.29) is 17.9 Å². The van der Waals surface area contributed by atoms with Crippen molar-refractivity contribution >= 4 is 17.6 Å². The van der Waals surface area contributed by atoms with Gasteiger partial charge in [0.15, 0.2) is 11.6 Å². The number of nitrogens with one attached hydrogen (secondary N) is 1. The van der Waals surface area contributed by atoms with Gasteiger partial charge in [0.1, 0.15) is 5.75 Å². The van der Waals surface area contributed by atoms with Crippen LogP contribution in [0.5, 0.6) is 5.75 Å². The predicted octanol–water partition coefficient (Wildman–Crippen LogP) is 0.169. The fourth-order valence-electron chi connectivity index (χ4n) is 1.59. The van der Waals surface area contributed by atoms with Crippen molar-refractivity contribution in [3.63, 3.8) is 0 Å². The molecule has 0 heterocycles. The Hall–Kier alpha value is -2.68. The maximum absolute atomic E-state index is 12.1. The van der Waals surface area contributed by atoms with Gasteiger partial charge in [0.2, 0.25) is 0 Å². The minimum Gasteiger partial charge on any atom is -0.493 e. The Morgan fingerprint density at radius 2 is 2.14 bits per heavy atom. The third-order valence-corrected chi connectivity index (χ3v) is 2.51. The van der Waals surface area contributed by atoms with E-state index in [0.717, 1.165) is 6.07 Å². The van der Waals surface area contributed by atoms with Crippen LogP contribution in [0.2, 0.25) is 0 Å². The summed E-state index contributed by atoms with van der Waals surface area (Å²) in [6.07, 6.45) is 0. The van der Waals surface area contributed by atoms with Gasteiger partial charge < -0.3 is 20.3 Å². The van der Waals surface area contributed by atoms with Crippen molar-refractivity contribution in [3.05, 3.63) is 33.9 Å². The second-order valence-corrected chi connectivity index (χ2v) is 3.89. The monoisotopic (exact) mass is 298 g/mol. The van der Waals surface area contributed by atoms with E-state index < -0.39 is 35.1 Å². The summed E-state index contributed by atoms with van der Waals surface area (Å²) in [4.78, 5) is 33.1. The molecule has 0 fully saturated rings. The molecular formula is C12H14N2O7. The Morgan fingerprint density at radius 3 is 2.62 bits per heavy atom. The number of carboxylic acid groups (broad SMARTS) is 1. The highest BCUT2D eigenvalue weighted by Crippen LogP contribution is 2.28. The molecule has 9 nitrogen and oxygen atoms in total. The van der Waals surface area contributed by atoms with Crippen LogP contribution in [0.25, 0.3) is 0 Å². The second kappa shape index (κ2) is 7.20. The lowest BCUT2D eigenvalue weighted by Gasteiger charge is -2.14. The van der Waals surface area contributed by atoms with Crippen molar-refractivity contribution in [1.29, 1.82) is 0 Å². The Labute approximate surface area is 119 Å². The highest BCUT2D eigenvalue weighted by atomic mass is 16.6. The number of aliphatic hydroxyl groups excluding tert-OH is 1. The molecule has 114 valence electrons. The summed E-state index contributed by atoms with van der Waals surface area (Å²) in [7, 11) is 0. The maximum atomic E-state index is 12.1. The first-order chi connectivity index (χ1) is 9.92. The van der Waals surface area contributed by atoms with Gasteiger partial charge in [-0.1, -0.05) is 6.07 Å². The van der Waals surface area contributed by atoms with Crippen LogP contribution in [0.3, 0.4) is 0 Å². The number of amides is 1. The van der Waals surface area contributed by atoms with E-state index in [1.54, 1.807) is 6.92 Å². The van der Waals surface area contributed by atoms with Crippen LogP contribution in [-0.4, -0.2) is 46.3 Å². The summed E-state index contributed by atoms with van der Waals surface area (Å²) < 4.78 is 5.15. The number of carbonyl (C=O) groups is 2. The number of ether oxygens (including phenoxy) is 1. The van der Waals surface area contributed by atoms with E-state index in [9.17, 15) is 19.7 Å². The number of rotatable bonds is 7. The summed E-state index contributed by atoms with van der Waals surface area (Å²) >= 11 is 0. The highest BCUT2D eigenvalue weighted by Gasteiger charge is 2.28. The Morgan fingerprint density at radius 1 is 1.48 bits per heavy atom. The molecule has 21 heavy (non-hydrogen) atoms. The van der Waals surface area contributed by atoms with Gasteiger partial charge in [0.05, 0.1) is 18.1 Å². The van der Waals surface area contributed by atoms with E-state index in [1.807, 2.05) is 5.32 Å². The van der Waals surface area contributed by atoms with E-state index in [4.69, 9.17) is 14.9 Å². The topological polar surface area (TPSA) is 139 Å². The van der Waals surface area contributed by atoms with E-state index in [0.29, 0.717) is 0 Å². The molecule has 0 saturated heterocycles. The normalized spacial score (nSPS) is 11.5. The fraction of sp³-hybridized carbons (Fsp3) is 0.333. The molecule has 0 spiro atoms. The van der Waals surface area contributed by atoms with Crippen LogP contribution in [0.15, 0.2) is 18.2 Å². The molecule has 1 amide bonds. The van der Waals surface area contributed by atoms with E-state index >= 15 is 0 Å². The Balaban J connectivity index is 3.22. The van der Waals surface area contributed by atoms with Gasteiger partial charge in [0, 0.05) is 6.07 Å². The van der Waals surface area contributed by atoms with Gasteiger partial charge in [-0.15, -0.1) is 0 Å². The van der Waals surface area contributed by atoms with Crippen LogP contribution in [-0.2, 0) is 4.79 Å². The average molecular weight is 298 g/mol. The summed E-state index contributed by atoms with van der Waals surface area (Å²) in [5.41, 5.74) is -0.899. The summed E-state index contributed by atoms with van der Waals surface area (Å²) in [5.74, 6) is -2.50. The number of carbonyl (C=O) groups excluding carboxylic acids is 1. The van der Waals surface area contributed by atoms with Crippen molar-refractivity contribution in [1.82, 2.24) is 5.32 Å². The van der Waals surface area contributed by atoms with Crippen molar-refractivity contribution in [2.24, 2.45) is 0 Å². The predicted molar refractivity (Wildman–Crippen MR) is 70.2 cm³/mol. The largest absolute Gasteiger partial charge is 0.493 e. The SMILES string of the molecule is CCOc1cccc([N+](=O)[O-])c1C(=O)NC(CO)C(=O)O. The lowest BCUT2D eigenvalue weighted by molar-refractivity contribution is -0.385. The van der Waals surface area contributed by atoms with Gasteiger partial charge in [-0.2, -0.15) is 0 Å². The first-order valence-corrected chi connectivity index (χ1v) is 5.97. The number of carboxylic acids is 1. The Kier molecular flexibility index (Phi) is 5.61. The number of hydrogen-bond donors (Lipinski definition) is 3. The molecule has 1 aromatic rings. The standard InChI is InChI=1S/C12H14N2O7/c1-2-21-9-5-3-4-8(14(19)20)10(9)11(16)13-7(6-15)12(17)18/h3-5,7,15H,2,6H2,1H3,(H,13,16)(H,17,18). The van der Waals surface area contributed by atoms with E-state index in [1.165, 1.54) is 12.1 Å². The molecule has 0 bridgehead atoms. The molecule has 9 heteroatoms. The van der Waals surface area contributed by atoms with Gasteiger partial charge >= 0.3 is 5.97 Å². The molecule has 3 N–H and O–H groups in total. The molecule has 0 radical (unpaired) electrons. The molecule has 1 atom stereocenters. The van der Waals surface area contributed by atoms with Crippen molar-refractivity contribution in [2.75, 3.05) is 13.2 Å².